The van der Waals surface area contributed by atoms with E-state index in [2.05, 4.69) is 15.7 Å². The van der Waals surface area contributed by atoms with E-state index >= 15 is 0 Å². The standard InChI is InChI=1S/C22H22N4O3/c1-15-7-6-8-16(2)21(15)24-19(27)13-23-22(29)18-11-12-20(28)26(25-18)14-17-9-4-3-5-10-17/h3-12H,13-14H2,1-2H3,(H,23,29)(H,24,27). The lowest BCUT2D eigenvalue weighted by molar-refractivity contribution is -0.115. The first kappa shape index (κ1) is 20.0. The van der Waals surface area contributed by atoms with E-state index in [-0.39, 0.29) is 30.2 Å². The third-order valence-corrected chi connectivity index (χ3v) is 4.43. The van der Waals surface area contributed by atoms with Crippen molar-refractivity contribution in [2.24, 2.45) is 0 Å². The number of hydrogen-bond acceptors (Lipinski definition) is 4. The first-order chi connectivity index (χ1) is 13.9. The summed E-state index contributed by atoms with van der Waals surface area (Å²) in [5.74, 6) is -0.864. The van der Waals surface area contributed by atoms with Crippen LogP contribution in [0.5, 0.6) is 0 Å². The highest BCUT2D eigenvalue weighted by Crippen LogP contribution is 2.18. The van der Waals surface area contributed by atoms with E-state index in [0.29, 0.717) is 0 Å². The second-order valence-electron chi connectivity index (χ2n) is 6.70. The van der Waals surface area contributed by atoms with Gasteiger partial charge < -0.3 is 10.6 Å². The van der Waals surface area contributed by atoms with Gasteiger partial charge in [-0.2, -0.15) is 5.10 Å². The van der Waals surface area contributed by atoms with E-state index in [0.717, 1.165) is 22.4 Å². The first-order valence-corrected chi connectivity index (χ1v) is 9.20. The molecule has 29 heavy (non-hydrogen) atoms. The van der Waals surface area contributed by atoms with E-state index in [1.54, 1.807) is 0 Å². The third kappa shape index (κ3) is 5.16. The average Bonchev–Trinajstić information content (AvgIpc) is 2.71. The number of carbonyl (C=O) groups is 2. The van der Waals surface area contributed by atoms with Crippen LogP contribution in [0.2, 0.25) is 0 Å². The highest BCUT2D eigenvalue weighted by atomic mass is 16.2. The monoisotopic (exact) mass is 390 g/mol. The average molecular weight is 390 g/mol. The van der Waals surface area contributed by atoms with Gasteiger partial charge in [-0.15, -0.1) is 0 Å². The van der Waals surface area contributed by atoms with Crippen molar-refractivity contribution in [1.29, 1.82) is 0 Å². The summed E-state index contributed by atoms with van der Waals surface area (Å²) in [7, 11) is 0. The Morgan fingerprint density at radius 3 is 2.31 bits per heavy atom. The van der Waals surface area contributed by atoms with Crippen LogP contribution in [0.25, 0.3) is 0 Å². The number of para-hydroxylation sites is 1. The predicted octanol–water partition coefficient (Wildman–Crippen LogP) is 2.28. The maximum absolute atomic E-state index is 12.4. The van der Waals surface area contributed by atoms with Crippen LogP contribution < -0.4 is 16.2 Å². The molecule has 1 aromatic heterocycles. The number of nitrogens with zero attached hydrogens (tertiary/aromatic N) is 2. The van der Waals surface area contributed by atoms with E-state index in [1.165, 1.54) is 16.8 Å². The van der Waals surface area contributed by atoms with E-state index < -0.39 is 5.91 Å². The molecule has 0 aliphatic heterocycles. The molecule has 7 nitrogen and oxygen atoms in total. The molecule has 3 rings (SSSR count). The number of carbonyl (C=O) groups excluding carboxylic acids is 2. The minimum absolute atomic E-state index is 0.0698. The molecule has 0 unspecified atom stereocenters. The summed E-state index contributed by atoms with van der Waals surface area (Å²) in [4.78, 5) is 36.6. The smallest absolute Gasteiger partial charge is 0.272 e. The van der Waals surface area contributed by atoms with Crippen molar-refractivity contribution in [3.05, 3.63) is 93.4 Å². The fraction of sp³-hybridized carbons (Fsp3) is 0.182. The second-order valence-corrected chi connectivity index (χ2v) is 6.70. The van der Waals surface area contributed by atoms with Gasteiger partial charge in [0.2, 0.25) is 5.91 Å². The quantitative estimate of drug-likeness (QED) is 0.675. The van der Waals surface area contributed by atoms with Crippen LogP contribution in [0.3, 0.4) is 0 Å². The second kappa shape index (κ2) is 8.97. The molecule has 0 saturated carbocycles. The SMILES string of the molecule is Cc1cccc(C)c1NC(=O)CNC(=O)c1ccc(=O)n(Cc2ccccc2)n1. The molecular weight excluding hydrogens is 368 g/mol. The number of hydrogen-bond donors (Lipinski definition) is 2. The predicted molar refractivity (Wildman–Crippen MR) is 111 cm³/mol. The van der Waals surface area contributed by atoms with Crippen LogP contribution >= 0.6 is 0 Å². The van der Waals surface area contributed by atoms with Gasteiger partial charge in [0, 0.05) is 11.8 Å². The zero-order chi connectivity index (χ0) is 20.8. The number of anilines is 1. The molecule has 0 fully saturated rings. The zero-order valence-corrected chi connectivity index (χ0v) is 16.3. The molecule has 7 heteroatoms. The topological polar surface area (TPSA) is 93.1 Å². The summed E-state index contributed by atoms with van der Waals surface area (Å²) in [5, 5.41) is 9.47. The molecule has 0 aliphatic carbocycles. The van der Waals surface area contributed by atoms with Crippen molar-refractivity contribution in [3.8, 4) is 0 Å². The Kier molecular flexibility index (Phi) is 6.19. The minimum Gasteiger partial charge on any atom is -0.342 e. The summed E-state index contributed by atoms with van der Waals surface area (Å²) in [6.07, 6.45) is 0. The molecule has 0 spiro atoms. The maximum atomic E-state index is 12.4. The summed E-state index contributed by atoms with van der Waals surface area (Å²) in [6, 6.07) is 17.7. The Labute approximate surface area is 168 Å². The zero-order valence-electron chi connectivity index (χ0n) is 16.3. The lowest BCUT2D eigenvalue weighted by Crippen LogP contribution is -2.35. The third-order valence-electron chi connectivity index (χ3n) is 4.43. The lowest BCUT2D eigenvalue weighted by Gasteiger charge is -2.12. The molecule has 0 radical (unpaired) electrons. The largest absolute Gasteiger partial charge is 0.342 e. The molecule has 148 valence electrons. The molecule has 0 aliphatic rings. The Bertz CT molecular complexity index is 1070. The van der Waals surface area contributed by atoms with Crippen LogP contribution in [-0.4, -0.2) is 28.1 Å². The fourth-order valence-electron chi connectivity index (χ4n) is 2.89. The van der Waals surface area contributed by atoms with E-state index in [4.69, 9.17) is 0 Å². The molecule has 3 aromatic rings. The van der Waals surface area contributed by atoms with E-state index in [9.17, 15) is 14.4 Å². The van der Waals surface area contributed by atoms with Crippen LogP contribution in [-0.2, 0) is 11.3 Å². The van der Waals surface area contributed by atoms with Gasteiger partial charge in [0.05, 0.1) is 13.1 Å². The van der Waals surface area contributed by atoms with Crippen LogP contribution in [0, 0.1) is 13.8 Å². The molecule has 0 bridgehead atoms. The van der Waals surface area contributed by atoms with Gasteiger partial charge in [0.1, 0.15) is 5.69 Å². The number of nitrogens with one attached hydrogen (secondary N) is 2. The van der Waals surface area contributed by atoms with Crippen molar-refractivity contribution >= 4 is 17.5 Å². The minimum atomic E-state index is -0.525. The lowest BCUT2D eigenvalue weighted by atomic mass is 10.1. The van der Waals surface area contributed by atoms with Gasteiger partial charge in [0.15, 0.2) is 0 Å². The number of benzene rings is 2. The van der Waals surface area contributed by atoms with Crippen molar-refractivity contribution in [2.45, 2.75) is 20.4 Å². The van der Waals surface area contributed by atoms with Crippen molar-refractivity contribution < 1.29 is 9.59 Å². The summed E-state index contributed by atoms with van der Waals surface area (Å²) >= 11 is 0. The molecule has 2 amide bonds. The van der Waals surface area contributed by atoms with Crippen molar-refractivity contribution in [1.82, 2.24) is 15.1 Å². The van der Waals surface area contributed by atoms with Crippen molar-refractivity contribution in [3.63, 3.8) is 0 Å². The van der Waals surface area contributed by atoms with Crippen LogP contribution in [0.4, 0.5) is 5.69 Å². The Balaban J connectivity index is 1.64. The van der Waals surface area contributed by atoms with Gasteiger partial charge in [-0.3, -0.25) is 14.4 Å². The molecule has 0 saturated heterocycles. The van der Waals surface area contributed by atoms with Crippen LogP contribution in [0.1, 0.15) is 27.2 Å². The Morgan fingerprint density at radius 1 is 0.931 bits per heavy atom. The number of aryl methyl sites for hydroxylation is 2. The number of rotatable bonds is 6. The molecule has 2 aromatic carbocycles. The molecule has 2 N–H and O–H groups in total. The molecular formula is C22H22N4O3. The Hall–Kier alpha value is -3.74. The fourth-order valence-corrected chi connectivity index (χ4v) is 2.89. The van der Waals surface area contributed by atoms with Gasteiger partial charge in [-0.05, 0) is 36.6 Å². The van der Waals surface area contributed by atoms with Gasteiger partial charge in [-0.1, -0.05) is 48.5 Å². The number of aromatic nitrogens is 2. The van der Waals surface area contributed by atoms with Crippen molar-refractivity contribution in [2.75, 3.05) is 11.9 Å². The van der Waals surface area contributed by atoms with Crippen LogP contribution in [0.15, 0.2) is 65.5 Å². The first-order valence-electron chi connectivity index (χ1n) is 9.20. The summed E-state index contributed by atoms with van der Waals surface area (Å²) in [5.41, 5.74) is 3.28. The summed E-state index contributed by atoms with van der Waals surface area (Å²) < 4.78 is 1.22. The summed E-state index contributed by atoms with van der Waals surface area (Å²) in [6.45, 7) is 3.86. The normalized spacial score (nSPS) is 10.4. The Morgan fingerprint density at radius 2 is 1.62 bits per heavy atom. The highest BCUT2D eigenvalue weighted by molar-refractivity contribution is 5.98. The highest BCUT2D eigenvalue weighted by Gasteiger charge is 2.13. The maximum Gasteiger partial charge on any atom is 0.272 e. The van der Waals surface area contributed by atoms with Gasteiger partial charge in [0.25, 0.3) is 11.5 Å². The molecule has 0 atom stereocenters. The number of amides is 2. The van der Waals surface area contributed by atoms with Gasteiger partial charge >= 0.3 is 0 Å². The van der Waals surface area contributed by atoms with Gasteiger partial charge in [-0.25, -0.2) is 4.68 Å². The molecule has 1 heterocycles. The van der Waals surface area contributed by atoms with E-state index in [1.807, 2.05) is 62.4 Å².